The van der Waals surface area contributed by atoms with E-state index < -0.39 is 0 Å². The Morgan fingerprint density at radius 1 is 1.21 bits per heavy atom. The zero-order valence-electron chi connectivity index (χ0n) is 15.8. The number of nitrogens with one attached hydrogen (secondary N) is 2. The highest BCUT2D eigenvalue weighted by Gasteiger charge is 2.28. The summed E-state index contributed by atoms with van der Waals surface area (Å²) >= 11 is 1.71. The first-order valence-corrected chi connectivity index (χ1v) is 10.7. The topological polar surface area (TPSA) is 65.2 Å². The van der Waals surface area contributed by atoms with E-state index >= 15 is 0 Å². The lowest BCUT2D eigenvalue weighted by Gasteiger charge is -2.32. The van der Waals surface area contributed by atoms with Gasteiger partial charge in [0, 0.05) is 41.6 Å². The monoisotopic (exact) mass is 395 g/mol. The molecular weight excluding hydrogens is 370 g/mol. The molecule has 1 atom stereocenters. The van der Waals surface area contributed by atoms with Crippen LogP contribution in [0.5, 0.6) is 0 Å². The summed E-state index contributed by atoms with van der Waals surface area (Å²) in [5.74, 6) is 0.0611. The number of aromatic amines is 1. The Morgan fingerprint density at radius 2 is 2.11 bits per heavy atom. The van der Waals surface area contributed by atoms with E-state index in [9.17, 15) is 9.59 Å². The van der Waals surface area contributed by atoms with E-state index in [0.717, 1.165) is 42.3 Å². The van der Waals surface area contributed by atoms with Crippen molar-refractivity contribution in [1.29, 1.82) is 0 Å². The number of hydrogen-bond donors (Lipinski definition) is 2. The Kier molecular flexibility index (Phi) is 5.76. The molecule has 0 aliphatic carbocycles. The number of rotatable bonds is 6. The van der Waals surface area contributed by atoms with Crippen LogP contribution in [-0.2, 0) is 22.4 Å². The molecule has 28 heavy (non-hydrogen) atoms. The average molecular weight is 396 g/mol. The van der Waals surface area contributed by atoms with Crippen LogP contribution >= 0.6 is 11.3 Å². The summed E-state index contributed by atoms with van der Waals surface area (Å²) in [6, 6.07) is 12.1. The Bertz CT molecular complexity index is 948. The van der Waals surface area contributed by atoms with Gasteiger partial charge in [0.15, 0.2) is 0 Å². The zero-order valence-corrected chi connectivity index (χ0v) is 16.6. The van der Waals surface area contributed by atoms with Crippen LogP contribution in [0, 0.1) is 5.92 Å². The largest absolute Gasteiger partial charge is 0.361 e. The minimum absolute atomic E-state index is 0.0705. The van der Waals surface area contributed by atoms with Crippen molar-refractivity contribution in [1.82, 2.24) is 15.2 Å². The number of benzene rings is 1. The van der Waals surface area contributed by atoms with Gasteiger partial charge in [0.25, 0.3) is 0 Å². The number of piperidine rings is 1. The van der Waals surface area contributed by atoms with E-state index in [2.05, 4.69) is 21.7 Å². The molecule has 1 saturated heterocycles. The number of likely N-dealkylation sites (tertiary alicyclic amines) is 1. The van der Waals surface area contributed by atoms with Gasteiger partial charge in [-0.15, -0.1) is 11.3 Å². The number of fused-ring (bicyclic) bond motifs is 1. The molecule has 3 aromatic rings. The lowest BCUT2D eigenvalue weighted by Crippen LogP contribution is -2.46. The SMILES string of the molecule is O=C(NCCc1cccs1)[C@H]1CCCN(C(=O)Cc2c[nH]c3ccccc23)C1. The van der Waals surface area contributed by atoms with Gasteiger partial charge in [-0.3, -0.25) is 9.59 Å². The van der Waals surface area contributed by atoms with Crippen LogP contribution < -0.4 is 5.32 Å². The highest BCUT2D eigenvalue weighted by Crippen LogP contribution is 2.21. The standard InChI is InChI=1S/C22H25N3O2S/c26-21(13-17-14-24-20-8-2-1-7-19(17)20)25-11-3-5-16(15-25)22(27)23-10-9-18-6-4-12-28-18/h1-2,4,6-8,12,14,16,24H,3,5,9-11,13,15H2,(H,23,27)/t16-/m0/s1. The third-order valence-electron chi connectivity index (χ3n) is 5.41. The van der Waals surface area contributed by atoms with Crippen LogP contribution in [-0.4, -0.2) is 41.3 Å². The molecule has 1 aromatic carbocycles. The molecule has 1 aliphatic heterocycles. The van der Waals surface area contributed by atoms with Crippen molar-refractivity contribution in [2.75, 3.05) is 19.6 Å². The van der Waals surface area contributed by atoms with Gasteiger partial charge in [-0.25, -0.2) is 0 Å². The predicted octanol–water partition coefficient (Wildman–Crippen LogP) is 3.37. The van der Waals surface area contributed by atoms with Gasteiger partial charge in [0.05, 0.1) is 12.3 Å². The fourth-order valence-electron chi connectivity index (χ4n) is 3.88. The number of thiophene rings is 1. The highest BCUT2D eigenvalue weighted by molar-refractivity contribution is 7.09. The predicted molar refractivity (Wildman–Crippen MR) is 112 cm³/mol. The van der Waals surface area contributed by atoms with E-state index in [1.54, 1.807) is 11.3 Å². The van der Waals surface area contributed by atoms with E-state index in [-0.39, 0.29) is 17.7 Å². The summed E-state index contributed by atoms with van der Waals surface area (Å²) in [6.45, 7) is 1.91. The molecule has 0 unspecified atom stereocenters. The molecule has 0 saturated carbocycles. The minimum Gasteiger partial charge on any atom is -0.361 e. The zero-order chi connectivity index (χ0) is 19.3. The van der Waals surface area contributed by atoms with E-state index in [1.165, 1.54) is 4.88 Å². The second-order valence-corrected chi connectivity index (χ2v) is 8.37. The van der Waals surface area contributed by atoms with Gasteiger partial charge in [0.1, 0.15) is 0 Å². The molecule has 4 rings (SSSR count). The van der Waals surface area contributed by atoms with Crippen LogP contribution in [0.1, 0.15) is 23.3 Å². The average Bonchev–Trinajstić information content (AvgIpc) is 3.38. The quantitative estimate of drug-likeness (QED) is 0.672. The van der Waals surface area contributed by atoms with Gasteiger partial charge in [-0.1, -0.05) is 24.3 Å². The summed E-state index contributed by atoms with van der Waals surface area (Å²) in [5, 5.41) is 6.19. The van der Waals surface area contributed by atoms with Gasteiger partial charge in [-0.2, -0.15) is 0 Å². The third-order valence-corrected chi connectivity index (χ3v) is 6.35. The molecule has 2 N–H and O–H groups in total. The maximum atomic E-state index is 12.8. The van der Waals surface area contributed by atoms with Crippen molar-refractivity contribution in [3.8, 4) is 0 Å². The number of carbonyl (C=O) groups is 2. The van der Waals surface area contributed by atoms with Gasteiger partial charge in [0.2, 0.25) is 11.8 Å². The molecule has 0 spiro atoms. The fourth-order valence-corrected chi connectivity index (χ4v) is 4.59. The summed E-state index contributed by atoms with van der Waals surface area (Å²) in [5.41, 5.74) is 2.06. The molecule has 3 heterocycles. The summed E-state index contributed by atoms with van der Waals surface area (Å²) in [7, 11) is 0. The van der Waals surface area contributed by atoms with Crippen molar-refractivity contribution in [3.63, 3.8) is 0 Å². The third kappa shape index (κ3) is 4.28. The van der Waals surface area contributed by atoms with E-state index in [0.29, 0.717) is 19.5 Å². The molecule has 0 radical (unpaired) electrons. The first-order valence-electron chi connectivity index (χ1n) is 9.83. The Morgan fingerprint density at radius 3 is 2.96 bits per heavy atom. The van der Waals surface area contributed by atoms with Crippen LogP contribution in [0.4, 0.5) is 0 Å². The van der Waals surface area contributed by atoms with Crippen LogP contribution in [0.3, 0.4) is 0 Å². The number of H-pyrrole nitrogens is 1. The maximum Gasteiger partial charge on any atom is 0.227 e. The van der Waals surface area contributed by atoms with Crippen molar-refractivity contribution in [2.24, 2.45) is 5.92 Å². The number of aromatic nitrogens is 1. The molecule has 1 fully saturated rings. The number of para-hydroxylation sites is 1. The Hall–Kier alpha value is -2.60. The molecule has 6 heteroatoms. The van der Waals surface area contributed by atoms with Gasteiger partial charge in [-0.05, 0) is 42.3 Å². The van der Waals surface area contributed by atoms with Crippen molar-refractivity contribution < 1.29 is 9.59 Å². The van der Waals surface area contributed by atoms with Crippen LogP contribution in [0.2, 0.25) is 0 Å². The molecule has 0 bridgehead atoms. The normalized spacial score (nSPS) is 17.0. The smallest absolute Gasteiger partial charge is 0.227 e. The number of carbonyl (C=O) groups excluding carboxylic acids is 2. The Balaban J connectivity index is 1.31. The summed E-state index contributed by atoms with van der Waals surface area (Å²) in [6.07, 6.45) is 4.88. The van der Waals surface area contributed by atoms with E-state index in [4.69, 9.17) is 0 Å². The van der Waals surface area contributed by atoms with E-state index in [1.807, 2.05) is 41.4 Å². The highest BCUT2D eigenvalue weighted by atomic mass is 32.1. The Labute approximate surface area is 168 Å². The second-order valence-electron chi connectivity index (χ2n) is 7.34. The van der Waals surface area contributed by atoms with Crippen molar-refractivity contribution in [2.45, 2.75) is 25.7 Å². The van der Waals surface area contributed by atoms with Gasteiger partial charge >= 0.3 is 0 Å². The van der Waals surface area contributed by atoms with Gasteiger partial charge < -0.3 is 15.2 Å². The lowest BCUT2D eigenvalue weighted by molar-refractivity contribution is -0.135. The van der Waals surface area contributed by atoms with Crippen molar-refractivity contribution in [3.05, 3.63) is 58.4 Å². The summed E-state index contributed by atoms with van der Waals surface area (Å²) < 4.78 is 0. The molecular formula is C22H25N3O2S. The fraction of sp³-hybridized carbons (Fsp3) is 0.364. The lowest BCUT2D eigenvalue weighted by atomic mass is 9.96. The molecule has 2 aromatic heterocycles. The second kappa shape index (κ2) is 8.61. The number of amides is 2. The number of hydrogen-bond acceptors (Lipinski definition) is 3. The summed E-state index contributed by atoms with van der Waals surface area (Å²) in [4.78, 5) is 31.7. The maximum absolute atomic E-state index is 12.8. The van der Waals surface area contributed by atoms with Crippen LogP contribution in [0.15, 0.2) is 48.0 Å². The first kappa shape index (κ1) is 18.7. The molecule has 5 nitrogen and oxygen atoms in total. The molecule has 146 valence electrons. The van der Waals surface area contributed by atoms with Crippen molar-refractivity contribution >= 4 is 34.1 Å². The molecule has 2 amide bonds. The number of nitrogens with zero attached hydrogens (tertiary/aromatic N) is 1. The van der Waals surface area contributed by atoms with Crippen LogP contribution in [0.25, 0.3) is 10.9 Å². The minimum atomic E-state index is -0.107. The first-order chi connectivity index (χ1) is 13.7. The molecule has 1 aliphatic rings.